The minimum atomic E-state index is -4.60. The summed E-state index contributed by atoms with van der Waals surface area (Å²) in [5.74, 6) is -2.11. The summed E-state index contributed by atoms with van der Waals surface area (Å²) in [4.78, 5) is 22.6. The molecule has 0 bridgehead atoms. The van der Waals surface area contributed by atoms with Gasteiger partial charge in [0.1, 0.15) is 0 Å². The van der Waals surface area contributed by atoms with Gasteiger partial charge in [-0.2, -0.15) is 0 Å². The van der Waals surface area contributed by atoms with Crippen molar-refractivity contribution < 1.29 is 44.6 Å². The van der Waals surface area contributed by atoms with Crippen molar-refractivity contribution in [2.45, 2.75) is 9.79 Å². The van der Waals surface area contributed by atoms with Crippen LogP contribution in [0.2, 0.25) is 0 Å². The van der Waals surface area contributed by atoms with E-state index in [0.29, 0.717) is 0 Å². The van der Waals surface area contributed by atoms with Crippen LogP contribution in [0.5, 0.6) is 5.75 Å². The summed E-state index contributed by atoms with van der Waals surface area (Å²) in [5.41, 5.74) is -0.481. The van der Waals surface area contributed by atoms with Gasteiger partial charge in [-0.25, -0.2) is 0 Å². The Morgan fingerprint density at radius 2 is 1.45 bits per heavy atom. The van der Waals surface area contributed by atoms with Crippen molar-refractivity contribution in [3.8, 4) is 5.75 Å². The normalized spacial score (nSPS) is 11.6. The first-order valence-electron chi connectivity index (χ1n) is 7.74. The summed E-state index contributed by atoms with van der Waals surface area (Å²) >= 11 is 0.0286. The Balaban J connectivity index is 2.59. The third kappa shape index (κ3) is 5.35. The van der Waals surface area contributed by atoms with E-state index in [9.17, 15) is 31.0 Å². The molecule has 0 fully saturated rings. The van der Waals surface area contributed by atoms with Crippen molar-refractivity contribution in [2.24, 2.45) is 0 Å². The van der Waals surface area contributed by atoms with Gasteiger partial charge in [-0.15, -0.1) is 0 Å². The van der Waals surface area contributed by atoms with Gasteiger partial charge in [-0.1, -0.05) is 0 Å². The number of carbonyl (C=O) groups is 2. The first-order chi connectivity index (χ1) is 13.4. The Bertz CT molecular complexity index is 1150. The maximum absolute atomic E-state index is 12.7. The Kier molecular flexibility index (Phi) is 7.09. The molecule has 0 aliphatic rings. The predicted molar refractivity (Wildman–Crippen MR) is 98.6 cm³/mol. The SMILES string of the molecule is COC(=O)c1cc(C(=O)OC)cc(S(=O)(=O)Oc2cccc(S(=O)(=O)O)[c]2[Na])c1. The molecule has 2 aromatic carbocycles. The fourth-order valence-electron chi connectivity index (χ4n) is 2.35. The summed E-state index contributed by atoms with van der Waals surface area (Å²) < 4.78 is 71.6. The molecule has 0 aromatic heterocycles. The summed E-state index contributed by atoms with van der Waals surface area (Å²) in [6.07, 6.45) is 0. The molecule has 0 aliphatic heterocycles. The average molecular weight is 452 g/mol. The number of methoxy groups -OCH3 is 2. The van der Waals surface area contributed by atoms with Gasteiger partial charge in [-0.05, 0) is 0 Å². The van der Waals surface area contributed by atoms with Crippen molar-refractivity contribution in [3.63, 3.8) is 0 Å². The van der Waals surface area contributed by atoms with Crippen molar-refractivity contribution in [2.75, 3.05) is 14.2 Å². The van der Waals surface area contributed by atoms with Gasteiger partial charge in [0.25, 0.3) is 0 Å². The van der Waals surface area contributed by atoms with E-state index in [4.69, 9.17) is 4.18 Å². The number of benzene rings is 2. The third-order valence-corrected chi connectivity index (χ3v) is 7.35. The van der Waals surface area contributed by atoms with Gasteiger partial charge in [-0.3, -0.25) is 0 Å². The fraction of sp³-hybridized carbons (Fsp3) is 0.125. The zero-order valence-corrected chi connectivity index (χ0v) is 19.0. The van der Waals surface area contributed by atoms with Crippen LogP contribution in [-0.2, 0) is 29.7 Å². The van der Waals surface area contributed by atoms with E-state index in [-0.39, 0.29) is 47.6 Å². The van der Waals surface area contributed by atoms with Gasteiger partial charge in [0.15, 0.2) is 0 Å². The fourth-order valence-corrected chi connectivity index (χ4v) is 5.50. The topological polar surface area (TPSA) is 150 Å². The number of ether oxygens (including phenoxy) is 2. The van der Waals surface area contributed by atoms with Gasteiger partial charge < -0.3 is 0 Å². The van der Waals surface area contributed by atoms with E-state index >= 15 is 0 Å². The van der Waals surface area contributed by atoms with E-state index in [2.05, 4.69) is 9.47 Å². The molecule has 0 radical (unpaired) electrons. The summed E-state index contributed by atoms with van der Waals surface area (Å²) in [6.45, 7) is 0. The number of hydrogen-bond donors (Lipinski definition) is 1. The van der Waals surface area contributed by atoms with Crippen LogP contribution >= 0.6 is 0 Å². The van der Waals surface area contributed by atoms with Gasteiger partial charge in [0.05, 0.1) is 0 Å². The zero-order chi connectivity index (χ0) is 22.0. The monoisotopic (exact) mass is 452 g/mol. The number of carbonyl (C=O) groups excluding carboxylic acids is 2. The molecule has 0 aliphatic carbocycles. The quantitative estimate of drug-likeness (QED) is 0.276. The van der Waals surface area contributed by atoms with E-state index in [1.807, 2.05) is 0 Å². The molecule has 0 saturated heterocycles. The Morgan fingerprint density at radius 3 is 1.90 bits per heavy atom. The van der Waals surface area contributed by atoms with Crippen LogP contribution in [0.15, 0.2) is 46.2 Å². The number of hydrogen-bond acceptors (Lipinski definition) is 9. The molecule has 0 saturated carbocycles. The summed E-state index contributed by atoms with van der Waals surface area (Å²) in [5, 5.41) is 0. The average Bonchev–Trinajstić information content (AvgIpc) is 2.66. The zero-order valence-electron chi connectivity index (χ0n) is 15.4. The Labute approximate surface area is 184 Å². The van der Waals surface area contributed by atoms with Crippen molar-refractivity contribution in [3.05, 3.63) is 47.5 Å². The van der Waals surface area contributed by atoms with Crippen LogP contribution in [0.1, 0.15) is 20.7 Å². The van der Waals surface area contributed by atoms with Crippen LogP contribution in [-0.4, -0.2) is 75.5 Å². The van der Waals surface area contributed by atoms with Crippen LogP contribution < -0.4 is 7.00 Å². The Morgan fingerprint density at radius 1 is 0.931 bits per heavy atom. The predicted octanol–water partition coefficient (Wildman–Crippen LogP) is 0.0680. The molecule has 150 valence electrons. The van der Waals surface area contributed by atoms with Gasteiger partial charge >= 0.3 is 185 Å². The standard InChI is InChI=1S/C16H13O10S2.Na/c1-24-15(17)10-6-11(16(18)25-2)8-14(7-10)28(22,23)26-12-4-3-5-13(9-12)27(19,20)21;/h3-8H,1-2H3,(H,19,20,21);. The van der Waals surface area contributed by atoms with Crippen molar-refractivity contribution in [1.29, 1.82) is 0 Å². The van der Waals surface area contributed by atoms with Crippen molar-refractivity contribution in [1.82, 2.24) is 0 Å². The molecule has 0 amide bonds. The third-order valence-electron chi connectivity index (χ3n) is 3.75. The molecule has 0 heterocycles. The molecule has 2 aromatic rings. The molecule has 0 unspecified atom stereocenters. The molecule has 1 N–H and O–H groups in total. The van der Waals surface area contributed by atoms with Crippen LogP contribution in [0.3, 0.4) is 0 Å². The second-order valence-corrected chi connectivity index (χ2v) is 9.56. The molecule has 0 atom stereocenters. The van der Waals surface area contributed by atoms with Crippen LogP contribution in [0.25, 0.3) is 0 Å². The molecular weight excluding hydrogens is 439 g/mol. The second kappa shape index (κ2) is 8.81. The molecule has 2 rings (SSSR count). The van der Waals surface area contributed by atoms with E-state index < -0.39 is 42.0 Å². The molecule has 13 heteroatoms. The second-order valence-electron chi connectivity index (χ2n) is 5.62. The number of esters is 2. The minimum absolute atomic E-state index is 0.0177. The number of rotatable bonds is 6. The van der Waals surface area contributed by atoms with E-state index in [1.165, 1.54) is 12.1 Å². The van der Waals surface area contributed by atoms with Crippen molar-refractivity contribution >= 4 is 62.9 Å². The molecule has 29 heavy (non-hydrogen) atoms. The van der Waals surface area contributed by atoms with Gasteiger partial charge in [0.2, 0.25) is 0 Å². The van der Waals surface area contributed by atoms with Crippen LogP contribution in [0.4, 0.5) is 0 Å². The van der Waals surface area contributed by atoms with Crippen LogP contribution in [0, 0.1) is 0 Å². The van der Waals surface area contributed by atoms with E-state index in [0.717, 1.165) is 38.5 Å². The maximum atomic E-state index is 12.7. The molecule has 0 spiro atoms. The molecule has 10 nitrogen and oxygen atoms in total. The summed E-state index contributed by atoms with van der Waals surface area (Å²) in [7, 11) is -7.03. The first-order valence-corrected chi connectivity index (χ1v) is 11.6. The molecular formula is C16H13NaO10S2. The first kappa shape index (κ1) is 23.3. The Hall–Kier alpha value is -1.96. The van der Waals surface area contributed by atoms with E-state index in [1.54, 1.807) is 0 Å². The summed E-state index contributed by atoms with van der Waals surface area (Å²) in [6, 6.07) is 6.47. The van der Waals surface area contributed by atoms with Gasteiger partial charge in [0, 0.05) is 0 Å².